The molecule has 5 heterocycles. The van der Waals surface area contributed by atoms with Crippen LogP contribution < -0.4 is 15.7 Å². The molecule has 212 valence electrons. The molecule has 1 N–H and O–H groups in total. The number of carbonyl (C=O) groups excluding carboxylic acids is 1. The molecule has 3 aromatic rings. The molecule has 0 radical (unpaired) electrons. The maximum Gasteiger partial charge on any atom is 0.343 e. The van der Waals surface area contributed by atoms with Gasteiger partial charge in [-0.15, -0.1) is 0 Å². The number of hydrogen-bond acceptors (Lipinski definition) is 5. The minimum atomic E-state index is 0.713. The van der Waals surface area contributed by atoms with E-state index in [4.69, 9.17) is 14.4 Å². The third-order valence-corrected chi connectivity index (χ3v) is 7.97. The van der Waals surface area contributed by atoms with Crippen molar-refractivity contribution in [2.24, 2.45) is 9.98 Å². The zero-order valence-electron chi connectivity index (χ0n) is 24.3. The molecule has 0 spiro atoms. The molecule has 7 rings (SSSR count). The lowest BCUT2D eigenvalue weighted by atomic mass is 10.0. The molecule has 2 aromatic heterocycles. The van der Waals surface area contributed by atoms with E-state index in [9.17, 15) is 0 Å². The number of unbranched alkanes of at least 4 members (excludes halogenated alkanes) is 3. The van der Waals surface area contributed by atoms with Crippen molar-refractivity contribution < 1.29 is 9.41 Å². The minimum absolute atomic E-state index is 0.713. The average Bonchev–Trinajstić information content (AvgIpc) is 3.52. The summed E-state index contributed by atoms with van der Waals surface area (Å²) in [5.41, 5.74) is 5.35. The number of ketones is 1. The van der Waals surface area contributed by atoms with E-state index in [-0.39, 0.29) is 0 Å². The number of aromatic amines is 1. The molecule has 0 amide bonds. The highest BCUT2D eigenvalue weighted by Crippen LogP contribution is 2.21. The van der Waals surface area contributed by atoms with Crippen molar-refractivity contribution in [3.05, 3.63) is 143 Å². The van der Waals surface area contributed by atoms with E-state index in [1.807, 2.05) is 55.9 Å². The number of nitrogens with one attached hydrogen (secondary N) is 1. The lowest BCUT2D eigenvalue weighted by Gasteiger charge is -2.20. The number of allylic oxidation sites excluding steroid dienone is 11. The molecule has 1 aliphatic carbocycles. The van der Waals surface area contributed by atoms with Crippen molar-refractivity contribution in [3.63, 3.8) is 0 Å². The third-order valence-electron chi connectivity index (χ3n) is 7.97. The topological polar surface area (TPSA) is 69.5 Å². The average molecular weight is 567 g/mol. The van der Waals surface area contributed by atoms with Crippen LogP contribution in [-0.4, -0.2) is 40.8 Å². The fraction of sp³-hybridized carbons (Fsp3) is 0.194. The van der Waals surface area contributed by atoms with Gasteiger partial charge in [-0.3, -0.25) is 4.42 Å². The Bertz CT molecular complexity index is 1880. The van der Waals surface area contributed by atoms with Crippen LogP contribution in [0.1, 0.15) is 25.7 Å². The van der Waals surface area contributed by atoms with Gasteiger partial charge in [0.15, 0.2) is 12.0 Å². The molecule has 0 atom stereocenters. The van der Waals surface area contributed by atoms with Crippen molar-refractivity contribution in [2.75, 3.05) is 20.2 Å². The number of aromatic nitrogens is 2. The molecule has 0 saturated heterocycles. The maximum atomic E-state index is 6.04. The molecule has 0 bridgehead atoms. The molecule has 7 heteroatoms. The number of nitrogens with zero attached hydrogens (tertiary/aromatic N) is 5. The van der Waals surface area contributed by atoms with E-state index in [1.54, 1.807) is 0 Å². The Kier molecular flexibility index (Phi) is 7.44. The Morgan fingerprint density at radius 2 is 1.42 bits per heavy atom. The normalized spacial score (nSPS) is 17.0. The molecular weight excluding hydrogens is 532 g/mol. The zero-order valence-corrected chi connectivity index (χ0v) is 24.3. The van der Waals surface area contributed by atoms with Crippen LogP contribution in [0.3, 0.4) is 0 Å². The Balaban J connectivity index is 0.912. The predicted molar refractivity (Wildman–Crippen MR) is 170 cm³/mol. The largest absolute Gasteiger partial charge is 0.357 e. The zero-order chi connectivity index (χ0) is 29.0. The molecule has 3 aliphatic heterocycles. The summed E-state index contributed by atoms with van der Waals surface area (Å²) in [6.45, 7) is 1.75. The summed E-state index contributed by atoms with van der Waals surface area (Å²) >= 11 is 0. The Morgan fingerprint density at radius 1 is 0.721 bits per heavy atom. The van der Waals surface area contributed by atoms with Crippen LogP contribution in [0.15, 0.2) is 143 Å². The molecule has 43 heavy (non-hydrogen) atoms. The number of H-pyrrole nitrogens is 1. The standard InChI is InChI=1S/C36H33N6O/c1-41-21-14-26(15-22-41)27-16-23-42(24-17-27)20-4-2-3-5-25-43-29-12-10-28(11-13-29)36-39-34-30-8-6-18-37-32(30)33-31(35(34)40-36)9-7-19-38-33/h6-19,21-24H,2-5,20,25H2,1H3/q+1/p+1. The molecule has 0 saturated carbocycles. The van der Waals surface area contributed by atoms with Gasteiger partial charge in [0.2, 0.25) is 5.52 Å². The summed E-state index contributed by atoms with van der Waals surface area (Å²) in [4.78, 5) is 22.1. The van der Waals surface area contributed by atoms with E-state index in [0.717, 1.165) is 69.7 Å². The number of hydrogen-bond donors (Lipinski definition) is 0. The lowest BCUT2D eigenvalue weighted by molar-refractivity contribution is -0.456. The monoisotopic (exact) mass is 566 g/mol. The van der Waals surface area contributed by atoms with Crippen LogP contribution in [0.25, 0.3) is 21.8 Å². The summed E-state index contributed by atoms with van der Waals surface area (Å²) in [6, 6.07) is 8.06. The van der Waals surface area contributed by atoms with Gasteiger partial charge in [0, 0.05) is 80.2 Å². The molecule has 4 aliphatic rings. The lowest BCUT2D eigenvalue weighted by Crippen LogP contribution is -2.26. The number of pyridine rings is 2. The minimum Gasteiger partial charge on any atom is -0.357 e. The van der Waals surface area contributed by atoms with E-state index < -0.39 is 0 Å². The summed E-state index contributed by atoms with van der Waals surface area (Å²) in [5, 5.41) is 3.79. The quantitative estimate of drug-likeness (QED) is 0.228. The van der Waals surface area contributed by atoms with E-state index >= 15 is 0 Å². The van der Waals surface area contributed by atoms with Crippen molar-refractivity contribution >= 4 is 27.6 Å². The van der Waals surface area contributed by atoms with Gasteiger partial charge in [0.25, 0.3) is 6.61 Å². The van der Waals surface area contributed by atoms with Crippen LogP contribution in [0.2, 0.25) is 0 Å². The van der Waals surface area contributed by atoms with Gasteiger partial charge in [-0.05, 0) is 78.6 Å². The Hall–Kier alpha value is -5.17. The van der Waals surface area contributed by atoms with E-state index in [1.165, 1.54) is 17.6 Å². The molecular formula is C36H34N6O+2. The van der Waals surface area contributed by atoms with Crippen LogP contribution >= 0.6 is 0 Å². The summed E-state index contributed by atoms with van der Waals surface area (Å²) < 4.78 is 6.04. The SMILES string of the molecule is CN1C=CC(=C2C=CN(CCCCCC[O+]=C3C=CC(=C4N=c5c(c6ccc[nH+]c6c6ncccc56)=N4)C=C3)C=C2)C=C1. The van der Waals surface area contributed by atoms with Gasteiger partial charge in [0.05, 0.1) is 5.39 Å². The van der Waals surface area contributed by atoms with Crippen LogP contribution in [-0.2, 0) is 4.42 Å². The summed E-state index contributed by atoms with van der Waals surface area (Å²) in [5.74, 6) is 1.59. The molecule has 7 nitrogen and oxygen atoms in total. The fourth-order valence-electron chi connectivity index (χ4n) is 5.61. The van der Waals surface area contributed by atoms with Gasteiger partial charge < -0.3 is 9.80 Å². The van der Waals surface area contributed by atoms with Crippen molar-refractivity contribution in [1.29, 1.82) is 0 Å². The van der Waals surface area contributed by atoms with Gasteiger partial charge in [-0.1, -0.05) is 6.42 Å². The van der Waals surface area contributed by atoms with Crippen molar-refractivity contribution in [1.82, 2.24) is 14.8 Å². The summed E-state index contributed by atoms with van der Waals surface area (Å²) in [6.07, 6.45) is 33.6. The van der Waals surface area contributed by atoms with Gasteiger partial charge >= 0.3 is 5.78 Å². The molecule has 1 aromatic carbocycles. The molecule has 0 unspecified atom stereocenters. The number of fused-ring (bicyclic) bond motifs is 6. The Morgan fingerprint density at radius 3 is 2.21 bits per heavy atom. The highest BCUT2D eigenvalue weighted by atomic mass is 16.4. The third kappa shape index (κ3) is 5.66. The predicted octanol–water partition coefficient (Wildman–Crippen LogP) is 5.07. The molecule has 0 fully saturated rings. The first-order chi connectivity index (χ1) is 21.2. The second-order valence-electron chi connectivity index (χ2n) is 11.0. The van der Waals surface area contributed by atoms with E-state index in [0.29, 0.717) is 12.4 Å². The second-order valence-corrected chi connectivity index (χ2v) is 11.0. The number of rotatable bonds is 7. The smallest absolute Gasteiger partial charge is 0.343 e. The first-order valence-electron chi connectivity index (χ1n) is 14.9. The highest BCUT2D eigenvalue weighted by Gasteiger charge is 2.19. The highest BCUT2D eigenvalue weighted by molar-refractivity contribution is 6.02. The van der Waals surface area contributed by atoms with Crippen LogP contribution in [0.4, 0.5) is 0 Å². The Labute approximate surface area is 250 Å². The van der Waals surface area contributed by atoms with Crippen molar-refractivity contribution in [3.8, 4) is 0 Å². The first kappa shape index (κ1) is 26.7. The van der Waals surface area contributed by atoms with E-state index in [2.05, 4.69) is 81.0 Å². The van der Waals surface area contributed by atoms with Gasteiger partial charge in [0.1, 0.15) is 16.2 Å². The van der Waals surface area contributed by atoms with Gasteiger partial charge in [-0.2, -0.15) is 0 Å². The maximum absolute atomic E-state index is 6.04. The van der Waals surface area contributed by atoms with Crippen LogP contribution in [0.5, 0.6) is 0 Å². The number of benzene rings is 1. The summed E-state index contributed by atoms with van der Waals surface area (Å²) in [7, 11) is 2.04. The van der Waals surface area contributed by atoms with Gasteiger partial charge in [-0.25, -0.2) is 20.0 Å². The van der Waals surface area contributed by atoms with Crippen LogP contribution in [0, 0.1) is 0 Å². The first-order valence-corrected chi connectivity index (χ1v) is 14.9. The van der Waals surface area contributed by atoms with Crippen molar-refractivity contribution in [2.45, 2.75) is 25.7 Å². The second kappa shape index (κ2) is 12.0. The fourth-order valence-corrected chi connectivity index (χ4v) is 5.61.